The molecule has 0 amide bonds. The predicted octanol–water partition coefficient (Wildman–Crippen LogP) is 2.42. The average Bonchev–Trinajstić information content (AvgIpc) is 2.83. The van der Waals surface area contributed by atoms with Crippen LogP contribution in [0.5, 0.6) is 0 Å². The summed E-state index contributed by atoms with van der Waals surface area (Å²) in [5.74, 6) is 1.68. The number of carbonyl (C=O) groups excluding carboxylic acids is 1. The van der Waals surface area contributed by atoms with Crippen molar-refractivity contribution >= 4 is 17.7 Å². The number of furan rings is 1. The molecule has 0 spiro atoms. The van der Waals surface area contributed by atoms with Crippen molar-refractivity contribution in [3.8, 4) is 0 Å². The molecule has 0 saturated heterocycles. The Hall–Kier alpha value is -0.940. The van der Waals surface area contributed by atoms with Crippen molar-refractivity contribution in [2.24, 2.45) is 0 Å². The maximum absolute atomic E-state index is 11.3. The van der Waals surface area contributed by atoms with Crippen LogP contribution in [0.2, 0.25) is 0 Å². The van der Waals surface area contributed by atoms with Crippen molar-refractivity contribution in [2.45, 2.75) is 13.0 Å². The summed E-state index contributed by atoms with van der Waals surface area (Å²) in [6.07, 6.45) is 2.08. The summed E-state index contributed by atoms with van der Waals surface area (Å²) in [5.41, 5.74) is 0. The Bertz CT molecular complexity index is 364. The van der Waals surface area contributed by atoms with Crippen molar-refractivity contribution in [1.82, 2.24) is 4.90 Å². The predicted molar refractivity (Wildman–Crippen MR) is 69.5 cm³/mol. The highest BCUT2D eigenvalue weighted by atomic mass is 32.2. The minimum atomic E-state index is -0.435. The van der Waals surface area contributed by atoms with Crippen LogP contribution in [-0.4, -0.2) is 43.6 Å². The SMILES string of the molecule is COC(=O)c1ccc(C(C)N(C)CCSC)o1. The molecule has 1 atom stereocenters. The van der Waals surface area contributed by atoms with E-state index in [1.807, 2.05) is 24.9 Å². The summed E-state index contributed by atoms with van der Waals surface area (Å²) >= 11 is 1.81. The molecular formula is C12H19NO3S. The summed E-state index contributed by atoms with van der Waals surface area (Å²) < 4.78 is 10.1. The molecule has 1 heterocycles. The zero-order valence-corrected chi connectivity index (χ0v) is 11.5. The average molecular weight is 257 g/mol. The zero-order chi connectivity index (χ0) is 12.8. The largest absolute Gasteiger partial charge is 0.463 e. The van der Waals surface area contributed by atoms with Crippen LogP contribution in [0.1, 0.15) is 29.3 Å². The maximum atomic E-state index is 11.3. The topological polar surface area (TPSA) is 42.7 Å². The van der Waals surface area contributed by atoms with Gasteiger partial charge in [0.25, 0.3) is 0 Å². The number of hydrogen-bond donors (Lipinski definition) is 0. The lowest BCUT2D eigenvalue weighted by molar-refractivity contribution is 0.0560. The van der Waals surface area contributed by atoms with Gasteiger partial charge in [0.1, 0.15) is 5.76 Å². The molecule has 0 saturated carbocycles. The minimum absolute atomic E-state index is 0.153. The van der Waals surface area contributed by atoms with Gasteiger partial charge in [0, 0.05) is 12.3 Å². The molecule has 4 nitrogen and oxygen atoms in total. The summed E-state index contributed by atoms with van der Waals surface area (Å²) in [6, 6.07) is 3.63. The maximum Gasteiger partial charge on any atom is 0.373 e. The Morgan fingerprint density at radius 3 is 2.88 bits per heavy atom. The molecular weight excluding hydrogens is 238 g/mol. The fourth-order valence-electron chi connectivity index (χ4n) is 1.43. The third-order valence-electron chi connectivity index (χ3n) is 2.73. The quantitative estimate of drug-likeness (QED) is 0.732. The highest BCUT2D eigenvalue weighted by molar-refractivity contribution is 7.98. The lowest BCUT2D eigenvalue weighted by atomic mass is 10.2. The molecule has 1 aromatic heterocycles. The fourth-order valence-corrected chi connectivity index (χ4v) is 1.90. The van der Waals surface area contributed by atoms with E-state index in [2.05, 4.69) is 22.8 Å². The molecule has 0 N–H and O–H groups in total. The molecule has 5 heteroatoms. The highest BCUT2D eigenvalue weighted by Crippen LogP contribution is 2.21. The Kier molecular flexibility index (Phi) is 5.58. The summed E-state index contributed by atoms with van der Waals surface area (Å²) in [7, 11) is 3.39. The molecule has 0 radical (unpaired) electrons. The van der Waals surface area contributed by atoms with Gasteiger partial charge in [0.2, 0.25) is 5.76 Å². The van der Waals surface area contributed by atoms with E-state index in [1.54, 1.807) is 6.07 Å². The van der Waals surface area contributed by atoms with Gasteiger partial charge in [-0.3, -0.25) is 4.90 Å². The molecule has 0 aromatic carbocycles. The zero-order valence-electron chi connectivity index (χ0n) is 10.7. The van der Waals surface area contributed by atoms with Crippen LogP contribution in [0.3, 0.4) is 0 Å². The smallest absolute Gasteiger partial charge is 0.373 e. The van der Waals surface area contributed by atoms with Gasteiger partial charge in [0.05, 0.1) is 13.2 Å². The Morgan fingerprint density at radius 2 is 2.29 bits per heavy atom. The van der Waals surface area contributed by atoms with Crippen LogP contribution in [-0.2, 0) is 4.74 Å². The van der Waals surface area contributed by atoms with Gasteiger partial charge in [0.15, 0.2) is 0 Å². The van der Waals surface area contributed by atoms with Crippen molar-refractivity contribution in [1.29, 1.82) is 0 Å². The Balaban J connectivity index is 2.65. The van der Waals surface area contributed by atoms with Gasteiger partial charge >= 0.3 is 5.97 Å². The molecule has 96 valence electrons. The second-order valence-electron chi connectivity index (χ2n) is 3.84. The second-order valence-corrected chi connectivity index (χ2v) is 4.83. The second kappa shape index (κ2) is 6.71. The summed E-state index contributed by atoms with van der Waals surface area (Å²) in [4.78, 5) is 13.4. The first-order valence-electron chi connectivity index (χ1n) is 5.47. The number of rotatable bonds is 6. The van der Waals surface area contributed by atoms with Crippen LogP contribution in [0.25, 0.3) is 0 Å². The normalized spacial score (nSPS) is 12.8. The van der Waals surface area contributed by atoms with E-state index in [1.165, 1.54) is 7.11 Å². The third kappa shape index (κ3) is 3.78. The van der Waals surface area contributed by atoms with Gasteiger partial charge in [-0.25, -0.2) is 4.79 Å². The number of hydrogen-bond acceptors (Lipinski definition) is 5. The Morgan fingerprint density at radius 1 is 1.59 bits per heavy atom. The lowest BCUT2D eigenvalue weighted by Crippen LogP contribution is -2.24. The number of ether oxygens (including phenoxy) is 1. The van der Waals surface area contributed by atoms with E-state index in [0.29, 0.717) is 0 Å². The monoisotopic (exact) mass is 257 g/mol. The summed E-state index contributed by atoms with van der Waals surface area (Å²) in [6.45, 7) is 3.04. The molecule has 0 bridgehead atoms. The third-order valence-corrected chi connectivity index (χ3v) is 3.33. The molecule has 0 fully saturated rings. The number of thioether (sulfide) groups is 1. The van der Waals surface area contributed by atoms with Gasteiger partial charge in [-0.2, -0.15) is 11.8 Å². The van der Waals surface area contributed by atoms with Gasteiger partial charge in [-0.1, -0.05) is 0 Å². The number of nitrogens with zero attached hydrogens (tertiary/aromatic N) is 1. The lowest BCUT2D eigenvalue weighted by Gasteiger charge is -2.22. The first kappa shape index (κ1) is 14.1. The van der Waals surface area contributed by atoms with Crippen LogP contribution in [0, 0.1) is 0 Å². The molecule has 1 unspecified atom stereocenters. The van der Waals surface area contributed by atoms with Crippen molar-refractivity contribution in [2.75, 3.05) is 32.7 Å². The number of carbonyl (C=O) groups is 1. The molecule has 0 aliphatic heterocycles. The van der Waals surface area contributed by atoms with Gasteiger partial charge < -0.3 is 9.15 Å². The van der Waals surface area contributed by atoms with Crippen LogP contribution in [0.15, 0.2) is 16.5 Å². The number of methoxy groups -OCH3 is 1. The van der Waals surface area contributed by atoms with E-state index < -0.39 is 5.97 Å². The fraction of sp³-hybridized carbons (Fsp3) is 0.583. The molecule has 0 aliphatic carbocycles. The Labute approximate surface area is 106 Å². The first-order valence-corrected chi connectivity index (χ1v) is 6.86. The minimum Gasteiger partial charge on any atom is -0.463 e. The van der Waals surface area contributed by atoms with Gasteiger partial charge in [-0.15, -0.1) is 0 Å². The van der Waals surface area contributed by atoms with E-state index in [0.717, 1.165) is 18.1 Å². The van der Waals surface area contributed by atoms with Crippen LogP contribution >= 0.6 is 11.8 Å². The molecule has 1 aromatic rings. The number of esters is 1. The molecule has 17 heavy (non-hydrogen) atoms. The standard InChI is InChI=1S/C12H19NO3S/c1-9(13(2)7-8-17-4)10-5-6-11(16-10)12(14)15-3/h5-6,9H,7-8H2,1-4H3. The molecule has 0 aliphatic rings. The van der Waals surface area contributed by atoms with Crippen molar-refractivity contribution in [3.63, 3.8) is 0 Å². The van der Waals surface area contributed by atoms with E-state index >= 15 is 0 Å². The van der Waals surface area contributed by atoms with Crippen molar-refractivity contribution in [3.05, 3.63) is 23.7 Å². The van der Waals surface area contributed by atoms with E-state index in [-0.39, 0.29) is 11.8 Å². The highest BCUT2D eigenvalue weighted by Gasteiger charge is 2.18. The van der Waals surface area contributed by atoms with E-state index in [9.17, 15) is 4.79 Å². The van der Waals surface area contributed by atoms with Crippen LogP contribution < -0.4 is 0 Å². The molecule has 1 rings (SSSR count). The van der Waals surface area contributed by atoms with Gasteiger partial charge in [-0.05, 0) is 32.4 Å². The van der Waals surface area contributed by atoms with E-state index in [4.69, 9.17) is 4.42 Å². The van der Waals surface area contributed by atoms with Crippen molar-refractivity contribution < 1.29 is 13.9 Å². The summed E-state index contributed by atoms with van der Waals surface area (Å²) in [5, 5.41) is 0. The first-order chi connectivity index (χ1) is 8.10. The van der Waals surface area contributed by atoms with Crippen LogP contribution in [0.4, 0.5) is 0 Å².